The van der Waals surface area contributed by atoms with E-state index in [9.17, 15) is 0 Å². The van der Waals surface area contributed by atoms with E-state index in [-0.39, 0.29) is 0 Å². The first-order valence-electron chi connectivity index (χ1n) is 4.50. The lowest BCUT2D eigenvalue weighted by Gasteiger charge is -2.03. The third-order valence-electron chi connectivity index (χ3n) is 1.68. The van der Waals surface area contributed by atoms with E-state index in [1.54, 1.807) is 12.3 Å². The predicted molar refractivity (Wildman–Crippen MR) is 61.5 cm³/mol. The van der Waals surface area contributed by atoms with Crippen LogP contribution in [-0.4, -0.2) is 13.3 Å². The van der Waals surface area contributed by atoms with Crippen LogP contribution in [0.15, 0.2) is 42.0 Å². The zero-order valence-corrected chi connectivity index (χ0v) is 8.33. The summed E-state index contributed by atoms with van der Waals surface area (Å²) in [5, 5.41) is 7.04. The number of rotatable bonds is 5. The molecule has 0 radical (unpaired) electrons. The minimum Gasteiger partial charge on any atom is -0.316 e. The molecular weight excluding hydrogens is 174 g/mol. The first-order valence-corrected chi connectivity index (χ1v) is 4.50. The van der Waals surface area contributed by atoms with Crippen LogP contribution in [0.2, 0.25) is 0 Å². The van der Waals surface area contributed by atoms with Crippen molar-refractivity contribution in [1.29, 1.82) is 0 Å². The number of hydrogen-bond acceptors (Lipinski definition) is 3. The zero-order valence-electron chi connectivity index (χ0n) is 8.33. The molecule has 74 valence electrons. The molecule has 3 nitrogen and oxygen atoms in total. The molecule has 0 heterocycles. The van der Waals surface area contributed by atoms with Crippen LogP contribution in [0.25, 0.3) is 0 Å². The fraction of sp³-hybridized carbons (Fsp3) is 0.182. The summed E-state index contributed by atoms with van der Waals surface area (Å²) >= 11 is 0. The predicted octanol–water partition coefficient (Wildman–Crippen LogP) is 1.99. The first kappa shape index (κ1) is 10.5. The summed E-state index contributed by atoms with van der Waals surface area (Å²) in [6.07, 6.45) is 3.25. The first-order chi connectivity index (χ1) is 6.86. The Hall–Kier alpha value is -1.61. The Morgan fingerprint density at radius 1 is 1.50 bits per heavy atom. The third-order valence-corrected chi connectivity index (χ3v) is 1.68. The lowest BCUT2D eigenvalue weighted by molar-refractivity contribution is 0.818. The van der Waals surface area contributed by atoms with Gasteiger partial charge in [0.25, 0.3) is 0 Å². The monoisotopic (exact) mass is 189 g/mol. The van der Waals surface area contributed by atoms with E-state index in [1.807, 2.05) is 19.2 Å². The van der Waals surface area contributed by atoms with Gasteiger partial charge in [0.1, 0.15) is 0 Å². The topological polar surface area (TPSA) is 36.4 Å². The van der Waals surface area contributed by atoms with E-state index in [0.29, 0.717) is 0 Å². The molecular formula is C11H15N3. The van der Waals surface area contributed by atoms with Crippen LogP contribution in [-0.2, 0) is 6.54 Å². The van der Waals surface area contributed by atoms with Crippen LogP contribution in [0.3, 0.4) is 0 Å². The van der Waals surface area contributed by atoms with E-state index < -0.39 is 0 Å². The second kappa shape index (κ2) is 5.94. The van der Waals surface area contributed by atoms with Crippen molar-refractivity contribution in [3.8, 4) is 0 Å². The molecule has 2 N–H and O–H groups in total. The maximum atomic E-state index is 3.95. The number of benzene rings is 1. The van der Waals surface area contributed by atoms with Crippen molar-refractivity contribution in [1.82, 2.24) is 5.32 Å². The Labute approximate surface area is 84.5 Å². The summed E-state index contributed by atoms with van der Waals surface area (Å²) in [6, 6.07) is 8.09. The molecule has 0 atom stereocenters. The Balaban J connectivity index is 2.63. The smallest absolute Gasteiger partial charge is 0.0565 e. The second-order valence-electron chi connectivity index (χ2n) is 2.86. The SMILES string of the molecule is C=C/C=N\Nc1cccc(CNC)c1. The van der Waals surface area contributed by atoms with Crippen molar-refractivity contribution in [2.24, 2.45) is 5.10 Å². The Morgan fingerprint density at radius 3 is 3.07 bits per heavy atom. The molecule has 0 amide bonds. The highest BCUT2D eigenvalue weighted by atomic mass is 15.3. The molecule has 0 fully saturated rings. The molecule has 1 aromatic rings. The largest absolute Gasteiger partial charge is 0.316 e. The number of allylic oxidation sites excluding steroid dienone is 1. The summed E-state index contributed by atoms with van der Waals surface area (Å²) in [5.74, 6) is 0. The molecule has 3 heteroatoms. The molecule has 0 spiro atoms. The zero-order chi connectivity index (χ0) is 10.2. The van der Waals surface area contributed by atoms with E-state index in [1.165, 1.54) is 5.56 Å². The minimum absolute atomic E-state index is 0.862. The molecule has 0 aliphatic rings. The van der Waals surface area contributed by atoms with Gasteiger partial charge < -0.3 is 5.32 Å². The van der Waals surface area contributed by atoms with Crippen LogP contribution >= 0.6 is 0 Å². The quantitative estimate of drug-likeness (QED) is 0.549. The number of hydrazone groups is 1. The summed E-state index contributed by atoms with van der Waals surface area (Å²) in [4.78, 5) is 0. The van der Waals surface area contributed by atoms with Crippen molar-refractivity contribution in [2.45, 2.75) is 6.54 Å². The van der Waals surface area contributed by atoms with Gasteiger partial charge in [-0.1, -0.05) is 18.7 Å². The Bertz CT molecular complexity index is 318. The van der Waals surface area contributed by atoms with Gasteiger partial charge in [0, 0.05) is 12.8 Å². The van der Waals surface area contributed by atoms with Crippen molar-refractivity contribution < 1.29 is 0 Å². The molecule has 1 rings (SSSR count). The maximum absolute atomic E-state index is 3.95. The number of nitrogens with zero attached hydrogens (tertiary/aromatic N) is 1. The number of hydrogen-bond donors (Lipinski definition) is 2. The lowest BCUT2D eigenvalue weighted by atomic mass is 10.2. The molecule has 0 aromatic heterocycles. The molecule has 0 bridgehead atoms. The molecule has 0 aliphatic carbocycles. The third kappa shape index (κ3) is 3.41. The van der Waals surface area contributed by atoms with Crippen molar-refractivity contribution >= 4 is 11.9 Å². The Morgan fingerprint density at radius 2 is 2.36 bits per heavy atom. The fourth-order valence-corrected chi connectivity index (χ4v) is 1.12. The fourth-order valence-electron chi connectivity index (χ4n) is 1.12. The van der Waals surface area contributed by atoms with Crippen LogP contribution in [0, 0.1) is 0 Å². The van der Waals surface area contributed by atoms with E-state index in [2.05, 4.69) is 34.6 Å². The van der Waals surface area contributed by atoms with Crippen molar-refractivity contribution in [3.05, 3.63) is 42.5 Å². The molecule has 0 aliphatic heterocycles. The van der Waals surface area contributed by atoms with E-state index in [4.69, 9.17) is 0 Å². The van der Waals surface area contributed by atoms with Crippen LogP contribution < -0.4 is 10.7 Å². The van der Waals surface area contributed by atoms with Gasteiger partial charge in [-0.2, -0.15) is 5.10 Å². The second-order valence-corrected chi connectivity index (χ2v) is 2.86. The van der Waals surface area contributed by atoms with Gasteiger partial charge >= 0.3 is 0 Å². The molecule has 0 unspecified atom stereocenters. The van der Waals surface area contributed by atoms with Gasteiger partial charge in [-0.05, 0) is 30.8 Å². The van der Waals surface area contributed by atoms with E-state index >= 15 is 0 Å². The van der Waals surface area contributed by atoms with Gasteiger partial charge in [-0.3, -0.25) is 5.43 Å². The van der Waals surface area contributed by atoms with Gasteiger partial charge in [0.15, 0.2) is 0 Å². The van der Waals surface area contributed by atoms with Crippen molar-refractivity contribution in [3.63, 3.8) is 0 Å². The number of anilines is 1. The summed E-state index contributed by atoms with van der Waals surface area (Å²) in [6.45, 7) is 4.40. The van der Waals surface area contributed by atoms with Crippen LogP contribution in [0.4, 0.5) is 5.69 Å². The van der Waals surface area contributed by atoms with Gasteiger partial charge in [-0.25, -0.2) is 0 Å². The van der Waals surface area contributed by atoms with Crippen molar-refractivity contribution in [2.75, 3.05) is 12.5 Å². The molecule has 1 aromatic carbocycles. The van der Waals surface area contributed by atoms with Gasteiger partial charge in [0.05, 0.1) is 5.69 Å². The van der Waals surface area contributed by atoms with Crippen LogP contribution in [0.5, 0.6) is 0 Å². The maximum Gasteiger partial charge on any atom is 0.0565 e. The summed E-state index contributed by atoms with van der Waals surface area (Å²) < 4.78 is 0. The molecule has 0 saturated heterocycles. The minimum atomic E-state index is 0.862. The lowest BCUT2D eigenvalue weighted by Crippen LogP contribution is -2.04. The molecule has 14 heavy (non-hydrogen) atoms. The van der Waals surface area contributed by atoms with Crippen LogP contribution in [0.1, 0.15) is 5.56 Å². The number of nitrogens with one attached hydrogen (secondary N) is 2. The summed E-state index contributed by atoms with van der Waals surface area (Å²) in [7, 11) is 1.93. The summed E-state index contributed by atoms with van der Waals surface area (Å²) in [5.41, 5.74) is 5.13. The highest BCUT2D eigenvalue weighted by Crippen LogP contribution is 2.09. The Kier molecular flexibility index (Phi) is 4.44. The standard InChI is InChI=1S/C11H15N3/c1-3-7-13-14-11-6-4-5-10(8-11)9-12-2/h3-8,12,14H,1,9H2,2H3/b13-7-. The molecule has 0 saturated carbocycles. The highest BCUT2D eigenvalue weighted by molar-refractivity contribution is 5.71. The normalized spacial score (nSPS) is 10.4. The van der Waals surface area contributed by atoms with E-state index in [0.717, 1.165) is 12.2 Å². The average Bonchev–Trinajstić information content (AvgIpc) is 2.19. The van der Waals surface area contributed by atoms with Gasteiger partial charge in [0.2, 0.25) is 0 Å². The highest BCUT2D eigenvalue weighted by Gasteiger charge is 1.92. The average molecular weight is 189 g/mol. The van der Waals surface area contributed by atoms with Gasteiger partial charge in [-0.15, -0.1) is 0 Å².